The van der Waals surface area contributed by atoms with Crippen molar-refractivity contribution < 1.29 is 14.3 Å². The number of anilines is 1. The molecule has 166 valence electrons. The van der Waals surface area contributed by atoms with Gasteiger partial charge in [0.15, 0.2) is 0 Å². The number of nitrogens with zero attached hydrogens (tertiary/aromatic N) is 1. The maximum absolute atomic E-state index is 12.7. The number of carbonyl (C=O) groups excluding carboxylic acids is 2. The maximum atomic E-state index is 12.7. The van der Waals surface area contributed by atoms with Crippen molar-refractivity contribution in [2.45, 2.75) is 32.6 Å². The molecule has 0 bridgehead atoms. The van der Waals surface area contributed by atoms with E-state index in [1.165, 1.54) is 5.56 Å². The van der Waals surface area contributed by atoms with Gasteiger partial charge in [-0.2, -0.15) is 0 Å². The van der Waals surface area contributed by atoms with Crippen LogP contribution < -0.4 is 10.6 Å². The summed E-state index contributed by atoms with van der Waals surface area (Å²) in [6, 6.07) is 14.7. The average molecular weight is 424 g/mol. The van der Waals surface area contributed by atoms with Crippen molar-refractivity contribution in [3.63, 3.8) is 0 Å². The van der Waals surface area contributed by atoms with Gasteiger partial charge in [-0.25, -0.2) is 0 Å². The molecule has 2 aromatic carbocycles. The van der Waals surface area contributed by atoms with Crippen LogP contribution in [0.3, 0.4) is 0 Å². The number of ether oxygens (including phenoxy) is 1. The van der Waals surface area contributed by atoms with Crippen molar-refractivity contribution in [2.75, 3.05) is 44.7 Å². The second kappa shape index (κ2) is 10.6. The molecule has 3 rings (SSSR count). The van der Waals surface area contributed by atoms with E-state index in [-0.39, 0.29) is 17.2 Å². The van der Waals surface area contributed by atoms with Crippen LogP contribution in [0.4, 0.5) is 5.69 Å². The van der Waals surface area contributed by atoms with Crippen molar-refractivity contribution in [1.29, 1.82) is 0 Å². The molecule has 1 aliphatic heterocycles. The molecule has 0 radical (unpaired) electrons. The normalized spacial score (nSPS) is 14.8. The lowest BCUT2D eigenvalue weighted by Gasteiger charge is -2.26. The Labute approximate surface area is 185 Å². The highest BCUT2D eigenvalue weighted by molar-refractivity contribution is 6.09. The highest BCUT2D eigenvalue weighted by atomic mass is 16.5. The van der Waals surface area contributed by atoms with Gasteiger partial charge in [0, 0.05) is 25.2 Å². The van der Waals surface area contributed by atoms with E-state index in [9.17, 15) is 9.59 Å². The Balaban J connectivity index is 1.56. The standard InChI is InChI=1S/C25H33N3O3/c1-25(2,3)20-11-9-19(10-12-20)23(29)27-22-8-5-4-7-21(22)24(30)26-13-6-14-28-15-17-31-18-16-28/h4-5,7-12H,6,13-18H2,1-3H3,(H,26,30)(H,27,29). The third-order valence-corrected chi connectivity index (χ3v) is 5.47. The first-order chi connectivity index (χ1) is 14.8. The van der Waals surface area contributed by atoms with Gasteiger partial charge in [0.05, 0.1) is 24.5 Å². The summed E-state index contributed by atoms with van der Waals surface area (Å²) in [6.07, 6.45) is 0.875. The van der Waals surface area contributed by atoms with E-state index in [2.05, 4.69) is 36.3 Å². The van der Waals surface area contributed by atoms with Gasteiger partial charge < -0.3 is 15.4 Å². The van der Waals surface area contributed by atoms with E-state index in [0.29, 0.717) is 23.4 Å². The van der Waals surface area contributed by atoms with Gasteiger partial charge in [0.25, 0.3) is 11.8 Å². The average Bonchev–Trinajstić information content (AvgIpc) is 2.77. The first kappa shape index (κ1) is 23.0. The number of hydrogen-bond acceptors (Lipinski definition) is 4. The van der Waals surface area contributed by atoms with Crippen LogP contribution in [0.15, 0.2) is 48.5 Å². The highest BCUT2D eigenvalue weighted by Crippen LogP contribution is 2.23. The molecule has 1 heterocycles. The molecular weight excluding hydrogens is 390 g/mol. The van der Waals surface area contributed by atoms with Gasteiger partial charge in [-0.3, -0.25) is 14.5 Å². The molecule has 6 nitrogen and oxygen atoms in total. The molecule has 1 fully saturated rings. The lowest BCUT2D eigenvalue weighted by atomic mass is 9.86. The SMILES string of the molecule is CC(C)(C)c1ccc(C(=O)Nc2ccccc2C(=O)NCCCN2CCOCC2)cc1. The van der Waals surface area contributed by atoms with Crippen LogP contribution in [-0.4, -0.2) is 56.1 Å². The molecule has 2 N–H and O–H groups in total. The number of nitrogens with one attached hydrogen (secondary N) is 2. The van der Waals surface area contributed by atoms with Gasteiger partial charge in [-0.15, -0.1) is 0 Å². The molecule has 0 aromatic heterocycles. The number of morpholine rings is 1. The van der Waals surface area contributed by atoms with E-state index >= 15 is 0 Å². The number of amides is 2. The summed E-state index contributed by atoms with van der Waals surface area (Å²) < 4.78 is 5.35. The van der Waals surface area contributed by atoms with Crippen LogP contribution in [0.1, 0.15) is 53.5 Å². The minimum absolute atomic E-state index is 0.0292. The molecule has 1 aliphatic rings. The third-order valence-electron chi connectivity index (χ3n) is 5.47. The van der Waals surface area contributed by atoms with E-state index in [0.717, 1.165) is 39.3 Å². The van der Waals surface area contributed by atoms with Gasteiger partial charge in [-0.1, -0.05) is 45.0 Å². The van der Waals surface area contributed by atoms with Crippen molar-refractivity contribution >= 4 is 17.5 Å². The molecule has 0 saturated carbocycles. The summed E-state index contributed by atoms with van der Waals surface area (Å²) in [4.78, 5) is 27.8. The summed E-state index contributed by atoms with van der Waals surface area (Å²) in [5.74, 6) is -0.408. The van der Waals surface area contributed by atoms with E-state index in [1.54, 1.807) is 18.2 Å². The molecule has 31 heavy (non-hydrogen) atoms. The Kier molecular flexibility index (Phi) is 7.82. The maximum Gasteiger partial charge on any atom is 0.255 e. The lowest BCUT2D eigenvalue weighted by molar-refractivity contribution is 0.0374. The Bertz CT molecular complexity index is 882. The fraction of sp³-hybridized carbons (Fsp3) is 0.440. The summed E-state index contributed by atoms with van der Waals surface area (Å²) in [5.41, 5.74) is 2.74. The number of para-hydroxylation sites is 1. The second-order valence-corrected chi connectivity index (χ2v) is 8.89. The quantitative estimate of drug-likeness (QED) is 0.667. The van der Waals surface area contributed by atoms with Crippen LogP contribution in [0.5, 0.6) is 0 Å². The van der Waals surface area contributed by atoms with Gasteiger partial charge in [0.2, 0.25) is 0 Å². The van der Waals surface area contributed by atoms with Crippen LogP contribution in [0, 0.1) is 0 Å². The molecule has 2 amide bonds. The zero-order chi connectivity index (χ0) is 22.3. The van der Waals surface area contributed by atoms with Crippen LogP contribution in [0.2, 0.25) is 0 Å². The summed E-state index contributed by atoms with van der Waals surface area (Å²) in [6.45, 7) is 11.4. The first-order valence-corrected chi connectivity index (χ1v) is 10.9. The fourth-order valence-corrected chi connectivity index (χ4v) is 3.53. The van der Waals surface area contributed by atoms with Crippen LogP contribution >= 0.6 is 0 Å². The van der Waals surface area contributed by atoms with Crippen LogP contribution in [-0.2, 0) is 10.2 Å². The topological polar surface area (TPSA) is 70.7 Å². The molecule has 0 aliphatic carbocycles. The number of rotatable bonds is 7. The fourth-order valence-electron chi connectivity index (χ4n) is 3.53. The molecule has 0 spiro atoms. The number of hydrogen-bond donors (Lipinski definition) is 2. The van der Waals surface area contributed by atoms with Crippen molar-refractivity contribution in [2.24, 2.45) is 0 Å². The molecule has 2 aromatic rings. The minimum atomic E-state index is -0.229. The van der Waals surface area contributed by atoms with Crippen molar-refractivity contribution in [1.82, 2.24) is 10.2 Å². The molecular formula is C25H33N3O3. The van der Waals surface area contributed by atoms with Gasteiger partial charge in [0.1, 0.15) is 0 Å². The summed E-state index contributed by atoms with van der Waals surface area (Å²) in [7, 11) is 0. The second-order valence-electron chi connectivity index (χ2n) is 8.89. The lowest BCUT2D eigenvalue weighted by Crippen LogP contribution is -2.38. The smallest absolute Gasteiger partial charge is 0.255 e. The predicted octanol–water partition coefficient (Wildman–Crippen LogP) is 3.69. The molecule has 6 heteroatoms. The van der Waals surface area contributed by atoms with Crippen molar-refractivity contribution in [3.05, 3.63) is 65.2 Å². The predicted molar refractivity (Wildman–Crippen MR) is 124 cm³/mol. The highest BCUT2D eigenvalue weighted by Gasteiger charge is 2.17. The summed E-state index contributed by atoms with van der Waals surface area (Å²) >= 11 is 0. The minimum Gasteiger partial charge on any atom is -0.379 e. The van der Waals surface area contributed by atoms with E-state index < -0.39 is 0 Å². The third kappa shape index (κ3) is 6.64. The van der Waals surface area contributed by atoms with Crippen LogP contribution in [0.25, 0.3) is 0 Å². The molecule has 0 atom stereocenters. The number of carbonyl (C=O) groups is 2. The van der Waals surface area contributed by atoms with Crippen molar-refractivity contribution in [3.8, 4) is 0 Å². The van der Waals surface area contributed by atoms with Gasteiger partial charge >= 0.3 is 0 Å². The Morgan fingerprint density at radius 3 is 2.32 bits per heavy atom. The van der Waals surface area contributed by atoms with E-state index in [1.807, 2.05) is 30.3 Å². The Hall–Kier alpha value is -2.70. The largest absolute Gasteiger partial charge is 0.379 e. The Morgan fingerprint density at radius 2 is 1.65 bits per heavy atom. The Morgan fingerprint density at radius 1 is 0.968 bits per heavy atom. The van der Waals surface area contributed by atoms with Gasteiger partial charge in [-0.05, 0) is 48.2 Å². The monoisotopic (exact) mass is 423 g/mol. The van der Waals surface area contributed by atoms with E-state index in [4.69, 9.17) is 4.74 Å². The summed E-state index contributed by atoms with van der Waals surface area (Å²) in [5, 5.41) is 5.85. The number of benzene rings is 2. The molecule has 1 saturated heterocycles. The first-order valence-electron chi connectivity index (χ1n) is 10.9. The zero-order valence-corrected chi connectivity index (χ0v) is 18.7. The zero-order valence-electron chi connectivity index (χ0n) is 18.7. The molecule has 0 unspecified atom stereocenters.